The van der Waals surface area contributed by atoms with Crippen LogP contribution in [-0.2, 0) is 19.6 Å². The fourth-order valence-corrected chi connectivity index (χ4v) is 5.76. The van der Waals surface area contributed by atoms with Crippen LogP contribution in [0, 0.1) is 12.8 Å². The molecule has 3 rings (SSSR count). The highest BCUT2D eigenvalue weighted by Gasteiger charge is 2.33. The van der Waals surface area contributed by atoms with Crippen LogP contribution in [0.3, 0.4) is 0 Å². The molecule has 0 spiro atoms. The van der Waals surface area contributed by atoms with E-state index in [9.17, 15) is 18.3 Å². The van der Waals surface area contributed by atoms with Crippen LogP contribution in [0.4, 0.5) is 0 Å². The first-order chi connectivity index (χ1) is 14.4. The molecule has 2 fully saturated rings. The summed E-state index contributed by atoms with van der Waals surface area (Å²) in [4.78, 5) is 12.8. The first kappa shape index (κ1) is 23.2. The topological polar surface area (TPSA) is 105 Å². The monoisotopic (exact) mass is 438 g/mol. The maximum atomic E-state index is 12.5. The number of sulfonamides is 1. The van der Waals surface area contributed by atoms with Crippen molar-refractivity contribution < 1.29 is 23.1 Å². The Morgan fingerprint density at radius 1 is 1.13 bits per heavy atom. The summed E-state index contributed by atoms with van der Waals surface area (Å²) in [5.74, 6) is 0.151. The molecule has 7 nitrogen and oxygen atoms in total. The van der Waals surface area contributed by atoms with Crippen LogP contribution >= 0.6 is 0 Å². The van der Waals surface area contributed by atoms with Gasteiger partial charge in [0.2, 0.25) is 15.9 Å². The molecule has 1 aliphatic carbocycles. The fourth-order valence-electron chi connectivity index (χ4n) is 4.46. The number of aliphatic hydroxyl groups excluding tert-OH is 1. The van der Waals surface area contributed by atoms with Crippen molar-refractivity contribution in [1.29, 1.82) is 0 Å². The van der Waals surface area contributed by atoms with Crippen molar-refractivity contribution in [2.45, 2.75) is 81.4 Å². The Labute approximate surface area is 179 Å². The number of hydrogen-bond acceptors (Lipinski definition) is 5. The van der Waals surface area contributed by atoms with E-state index in [0.717, 1.165) is 38.5 Å². The largest absolute Gasteiger partial charge is 0.394 e. The maximum Gasteiger partial charge on any atom is 0.240 e. The first-order valence-electron chi connectivity index (χ1n) is 11.0. The van der Waals surface area contributed by atoms with E-state index in [4.69, 9.17) is 4.74 Å². The van der Waals surface area contributed by atoms with Crippen molar-refractivity contribution in [3.05, 3.63) is 29.8 Å². The summed E-state index contributed by atoms with van der Waals surface area (Å²) in [5.41, 5.74) is 0.704. The van der Waals surface area contributed by atoms with Crippen molar-refractivity contribution in [3.63, 3.8) is 0 Å². The third kappa shape index (κ3) is 6.03. The molecule has 1 aromatic rings. The third-order valence-electron chi connectivity index (χ3n) is 6.24. The standard InChI is InChI=1S/C22H34N2O5S/c1-16-7-5-6-10-21(16)30(27,28)23-14-13-18-11-12-19(20(15-25)29-18)24-22(26)17-8-3-2-4-9-17/h5-7,10,17-20,23,25H,2-4,8-9,11-15H2,1H3,(H,24,26)/t18-,19+,20+/m0/s1. The zero-order chi connectivity index (χ0) is 21.6. The number of ether oxygens (including phenoxy) is 1. The van der Waals surface area contributed by atoms with Crippen LogP contribution in [0.15, 0.2) is 29.2 Å². The molecule has 168 valence electrons. The molecule has 1 saturated heterocycles. The molecule has 0 aromatic heterocycles. The number of amides is 1. The molecule has 3 N–H and O–H groups in total. The van der Waals surface area contributed by atoms with Gasteiger partial charge in [0.25, 0.3) is 0 Å². The Kier molecular flexibility index (Phi) is 8.27. The SMILES string of the molecule is Cc1ccccc1S(=O)(=O)NCC[C@@H]1CC[C@@H](NC(=O)C2CCCCC2)[C@@H](CO)O1. The highest BCUT2D eigenvalue weighted by Crippen LogP contribution is 2.26. The van der Waals surface area contributed by atoms with E-state index < -0.39 is 16.1 Å². The predicted molar refractivity (Wildman–Crippen MR) is 114 cm³/mol. The van der Waals surface area contributed by atoms with Gasteiger partial charge in [-0.25, -0.2) is 13.1 Å². The number of carbonyl (C=O) groups excluding carboxylic acids is 1. The van der Waals surface area contributed by atoms with Gasteiger partial charge in [-0.05, 0) is 50.7 Å². The summed E-state index contributed by atoms with van der Waals surface area (Å²) in [5, 5.41) is 12.8. The Hall–Kier alpha value is -1.48. The maximum absolute atomic E-state index is 12.5. The molecule has 1 amide bonds. The van der Waals surface area contributed by atoms with E-state index in [0.29, 0.717) is 12.0 Å². The van der Waals surface area contributed by atoms with Gasteiger partial charge in [0.15, 0.2) is 0 Å². The van der Waals surface area contributed by atoms with Gasteiger partial charge in [-0.15, -0.1) is 0 Å². The van der Waals surface area contributed by atoms with Crippen LogP contribution in [-0.4, -0.2) is 50.8 Å². The van der Waals surface area contributed by atoms with Crippen LogP contribution in [0.1, 0.15) is 56.9 Å². The lowest BCUT2D eigenvalue weighted by Gasteiger charge is -2.37. The van der Waals surface area contributed by atoms with Gasteiger partial charge >= 0.3 is 0 Å². The number of rotatable bonds is 8. The number of nitrogens with one attached hydrogen (secondary N) is 2. The zero-order valence-corrected chi connectivity index (χ0v) is 18.5. The van der Waals surface area contributed by atoms with Gasteiger partial charge < -0.3 is 15.2 Å². The summed E-state index contributed by atoms with van der Waals surface area (Å²) < 4.78 is 33.6. The molecule has 1 aliphatic heterocycles. The number of benzene rings is 1. The summed E-state index contributed by atoms with van der Waals surface area (Å²) in [6.07, 6.45) is 6.63. The predicted octanol–water partition coefficient (Wildman–Crippen LogP) is 2.27. The quantitative estimate of drug-likeness (QED) is 0.578. The Bertz CT molecular complexity index is 808. The summed E-state index contributed by atoms with van der Waals surface area (Å²) in [6, 6.07) is 6.69. The summed E-state index contributed by atoms with van der Waals surface area (Å²) in [6.45, 7) is 1.87. The molecule has 8 heteroatoms. The normalized spacial score (nSPS) is 25.7. The highest BCUT2D eigenvalue weighted by atomic mass is 32.2. The number of aryl methyl sites for hydroxylation is 1. The average molecular weight is 439 g/mol. The van der Waals surface area contributed by atoms with E-state index in [-0.39, 0.29) is 42.0 Å². The van der Waals surface area contributed by atoms with Crippen molar-refractivity contribution in [3.8, 4) is 0 Å². The van der Waals surface area contributed by atoms with E-state index >= 15 is 0 Å². The van der Waals surface area contributed by atoms with Crippen LogP contribution < -0.4 is 10.0 Å². The second kappa shape index (κ2) is 10.7. The molecular formula is C22H34N2O5S. The number of aliphatic hydroxyl groups is 1. The Morgan fingerprint density at radius 3 is 2.57 bits per heavy atom. The zero-order valence-electron chi connectivity index (χ0n) is 17.7. The lowest BCUT2D eigenvalue weighted by Crippen LogP contribution is -2.52. The lowest BCUT2D eigenvalue weighted by atomic mass is 9.88. The summed E-state index contributed by atoms with van der Waals surface area (Å²) >= 11 is 0. The van der Waals surface area contributed by atoms with Crippen molar-refractivity contribution >= 4 is 15.9 Å². The molecule has 0 radical (unpaired) electrons. The number of hydrogen-bond donors (Lipinski definition) is 3. The minimum absolute atomic E-state index is 0.0752. The smallest absolute Gasteiger partial charge is 0.240 e. The molecule has 1 saturated carbocycles. The van der Waals surface area contributed by atoms with Gasteiger partial charge in [0.05, 0.1) is 23.6 Å². The van der Waals surface area contributed by atoms with Gasteiger partial charge in [-0.1, -0.05) is 37.5 Å². The van der Waals surface area contributed by atoms with Gasteiger partial charge in [0, 0.05) is 12.5 Å². The Morgan fingerprint density at radius 2 is 1.87 bits per heavy atom. The van der Waals surface area contributed by atoms with E-state index in [2.05, 4.69) is 10.0 Å². The van der Waals surface area contributed by atoms with Crippen LogP contribution in [0.5, 0.6) is 0 Å². The fraction of sp³-hybridized carbons (Fsp3) is 0.682. The van der Waals surface area contributed by atoms with Gasteiger partial charge in [-0.3, -0.25) is 4.79 Å². The van der Waals surface area contributed by atoms with Gasteiger partial charge in [-0.2, -0.15) is 0 Å². The van der Waals surface area contributed by atoms with Gasteiger partial charge in [0.1, 0.15) is 6.10 Å². The highest BCUT2D eigenvalue weighted by molar-refractivity contribution is 7.89. The van der Waals surface area contributed by atoms with Crippen LogP contribution in [0.25, 0.3) is 0 Å². The molecule has 0 unspecified atom stereocenters. The third-order valence-corrected chi connectivity index (χ3v) is 7.86. The minimum Gasteiger partial charge on any atom is -0.394 e. The van der Waals surface area contributed by atoms with E-state index in [1.807, 2.05) is 6.07 Å². The minimum atomic E-state index is -3.56. The Balaban J connectivity index is 1.47. The average Bonchev–Trinajstić information content (AvgIpc) is 2.75. The van der Waals surface area contributed by atoms with E-state index in [1.165, 1.54) is 6.42 Å². The molecule has 1 heterocycles. The van der Waals surface area contributed by atoms with E-state index in [1.54, 1.807) is 25.1 Å². The second-order valence-corrected chi connectivity index (χ2v) is 10.2. The molecule has 3 atom stereocenters. The molecular weight excluding hydrogens is 404 g/mol. The molecule has 2 aliphatic rings. The molecule has 1 aromatic carbocycles. The first-order valence-corrected chi connectivity index (χ1v) is 12.5. The van der Waals surface area contributed by atoms with Crippen molar-refractivity contribution in [2.24, 2.45) is 5.92 Å². The van der Waals surface area contributed by atoms with Crippen LogP contribution in [0.2, 0.25) is 0 Å². The number of carbonyl (C=O) groups is 1. The molecule has 0 bridgehead atoms. The molecule has 30 heavy (non-hydrogen) atoms. The van der Waals surface area contributed by atoms with Crippen molar-refractivity contribution in [1.82, 2.24) is 10.0 Å². The lowest BCUT2D eigenvalue weighted by molar-refractivity contribution is -0.132. The second-order valence-electron chi connectivity index (χ2n) is 8.46. The summed E-state index contributed by atoms with van der Waals surface area (Å²) in [7, 11) is -3.56. The van der Waals surface area contributed by atoms with Crippen molar-refractivity contribution in [2.75, 3.05) is 13.2 Å².